The van der Waals surface area contributed by atoms with Gasteiger partial charge in [-0.25, -0.2) is 9.78 Å². The first-order valence-corrected chi connectivity index (χ1v) is 8.70. The smallest absolute Gasteiger partial charge is 0.374 e. The van der Waals surface area contributed by atoms with E-state index in [1.807, 2.05) is 0 Å². The molecule has 12 heteroatoms. The van der Waals surface area contributed by atoms with Crippen molar-refractivity contribution in [3.05, 3.63) is 35.3 Å². The molecule has 0 saturated heterocycles. The molecule has 0 aliphatic heterocycles. The van der Waals surface area contributed by atoms with E-state index in [4.69, 9.17) is 24.7 Å². The second-order valence-corrected chi connectivity index (χ2v) is 5.67. The first-order valence-electron chi connectivity index (χ1n) is 8.70. The Morgan fingerprint density at radius 1 is 1.13 bits per heavy atom. The Hall–Kier alpha value is -3.73. The molecule has 2 rings (SSSR count). The number of halogens is 1. The van der Waals surface area contributed by atoms with Gasteiger partial charge in [0.1, 0.15) is 5.69 Å². The molecule has 1 aromatic heterocycles. The molecule has 4 N–H and O–H groups in total. The fourth-order valence-corrected chi connectivity index (χ4v) is 2.47. The van der Waals surface area contributed by atoms with Gasteiger partial charge in [-0.05, 0) is 30.7 Å². The van der Waals surface area contributed by atoms with E-state index >= 15 is 0 Å². The maximum atomic E-state index is 12.3. The normalized spacial score (nSPS) is 10.2. The lowest BCUT2D eigenvalue weighted by Gasteiger charge is -2.12. The standard InChI is InChI=1S/C19H22N4O7.ClH/c1-5-30-19(26)18-22-14(16(20)25)17(23-18)21-13(24)7-6-10-8-11(27-2)15(29-4)12(9-10)28-3;/h6-9H,5H2,1-4H3,(H2,20,25)(H,21,24)(H,22,23);1H/b7-6+;. The maximum absolute atomic E-state index is 12.3. The number of nitrogens with zero attached hydrogens (tertiary/aromatic N) is 1. The number of primary amides is 1. The molecule has 2 aromatic rings. The van der Waals surface area contributed by atoms with E-state index in [2.05, 4.69) is 15.3 Å². The SMILES string of the molecule is CCOC(=O)c1nc(NC(=O)/C=C/c2cc(OC)c(OC)c(OC)c2)c(C(N)=O)[nH]1.Cl. The predicted molar refractivity (Wildman–Crippen MR) is 114 cm³/mol. The number of nitrogens with one attached hydrogen (secondary N) is 2. The second-order valence-electron chi connectivity index (χ2n) is 5.67. The van der Waals surface area contributed by atoms with Gasteiger partial charge in [-0.3, -0.25) is 9.59 Å². The van der Waals surface area contributed by atoms with Crippen LogP contribution in [-0.4, -0.2) is 55.7 Å². The van der Waals surface area contributed by atoms with E-state index in [0.29, 0.717) is 22.8 Å². The molecular formula is C19H23ClN4O7. The molecule has 1 aromatic carbocycles. The fourth-order valence-electron chi connectivity index (χ4n) is 2.47. The summed E-state index contributed by atoms with van der Waals surface area (Å²) in [6, 6.07) is 3.29. The summed E-state index contributed by atoms with van der Waals surface area (Å²) in [6.07, 6.45) is 2.69. The van der Waals surface area contributed by atoms with Crippen LogP contribution in [0.15, 0.2) is 18.2 Å². The van der Waals surface area contributed by atoms with Gasteiger partial charge in [0.25, 0.3) is 5.91 Å². The second kappa shape index (κ2) is 11.5. The van der Waals surface area contributed by atoms with Crippen molar-refractivity contribution in [2.75, 3.05) is 33.3 Å². The number of aromatic amines is 1. The molecule has 0 bridgehead atoms. The number of methoxy groups -OCH3 is 3. The highest BCUT2D eigenvalue weighted by Gasteiger charge is 2.21. The van der Waals surface area contributed by atoms with E-state index in [1.165, 1.54) is 33.5 Å². The summed E-state index contributed by atoms with van der Waals surface area (Å²) in [5.74, 6) is -1.50. The van der Waals surface area contributed by atoms with Crippen LogP contribution in [0.2, 0.25) is 0 Å². The topological polar surface area (TPSA) is 155 Å². The van der Waals surface area contributed by atoms with Gasteiger partial charge in [-0.2, -0.15) is 0 Å². The average molecular weight is 455 g/mol. The van der Waals surface area contributed by atoms with Crippen LogP contribution in [0.4, 0.5) is 5.82 Å². The van der Waals surface area contributed by atoms with Gasteiger partial charge < -0.3 is 35.0 Å². The van der Waals surface area contributed by atoms with Crippen LogP contribution in [0.5, 0.6) is 17.2 Å². The van der Waals surface area contributed by atoms with Crippen molar-refractivity contribution < 1.29 is 33.3 Å². The molecule has 0 unspecified atom stereocenters. The summed E-state index contributed by atoms with van der Waals surface area (Å²) in [6.45, 7) is 1.73. The fraction of sp³-hybridized carbons (Fsp3) is 0.263. The molecular weight excluding hydrogens is 432 g/mol. The highest BCUT2D eigenvalue weighted by Crippen LogP contribution is 2.38. The van der Waals surface area contributed by atoms with Crippen molar-refractivity contribution in [3.63, 3.8) is 0 Å². The number of esters is 1. The quantitative estimate of drug-likeness (QED) is 0.382. The number of amides is 2. The molecule has 0 aliphatic rings. The lowest BCUT2D eigenvalue weighted by Crippen LogP contribution is -2.17. The maximum Gasteiger partial charge on any atom is 0.374 e. The molecule has 0 spiro atoms. The molecule has 11 nitrogen and oxygen atoms in total. The number of benzene rings is 1. The zero-order valence-corrected chi connectivity index (χ0v) is 18.1. The van der Waals surface area contributed by atoms with Crippen molar-refractivity contribution in [1.29, 1.82) is 0 Å². The minimum atomic E-state index is -0.901. The summed E-state index contributed by atoms with van der Waals surface area (Å²) < 4.78 is 20.6. The highest BCUT2D eigenvalue weighted by atomic mass is 35.5. The number of aromatic nitrogens is 2. The van der Waals surface area contributed by atoms with Crippen LogP contribution < -0.4 is 25.3 Å². The first-order chi connectivity index (χ1) is 14.3. The molecule has 0 radical (unpaired) electrons. The Kier molecular flexibility index (Phi) is 9.35. The molecule has 168 valence electrons. The van der Waals surface area contributed by atoms with E-state index in [9.17, 15) is 14.4 Å². The molecule has 0 saturated carbocycles. The summed E-state index contributed by atoms with van der Waals surface area (Å²) in [7, 11) is 4.43. The lowest BCUT2D eigenvalue weighted by atomic mass is 10.1. The first kappa shape index (κ1) is 25.3. The van der Waals surface area contributed by atoms with Crippen molar-refractivity contribution in [3.8, 4) is 17.2 Å². The number of hydrogen-bond donors (Lipinski definition) is 3. The van der Waals surface area contributed by atoms with Gasteiger partial charge in [0.15, 0.2) is 17.3 Å². The predicted octanol–water partition coefficient (Wildman–Crippen LogP) is 1.78. The Balaban J connectivity index is 0.00000480. The van der Waals surface area contributed by atoms with Crippen LogP contribution in [0.25, 0.3) is 6.08 Å². The zero-order valence-electron chi connectivity index (χ0n) is 17.3. The average Bonchev–Trinajstić information content (AvgIpc) is 3.15. The minimum Gasteiger partial charge on any atom is -0.493 e. The molecule has 0 aliphatic carbocycles. The van der Waals surface area contributed by atoms with Gasteiger partial charge in [0.2, 0.25) is 17.5 Å². The van der Waals surface area contributed by atoms with Gasteiger partial charge >= 0.3 is 5.97 Å². The third-order valence-electron chi connectivity index (χ3n) is 3.77. The molecule has 0 fully saturated rings. The monoisotopic (exact) mass is 454 g/mol. The Bertz CT molecular complexity index is 963. The number of anilines is 1. The third-order valence-corrected chi connectivity index (χ3v) is 3.77. The van der Waals surface area contributed by atoms with Crippen LogP contribution in [0.3, 0.4) is 0 Å². The number of carbonyl (C=O) groups excluding carboxylic acids is 3. The number of hydrogen-bond acceptors (Lipinski definition) is 8. The molecule has 1 heterocycles. The van der Waals surface area contributed by atoms with Gasteiger partial charge in [-0.15, -0.1) is 12.4 Å². The van der Waals surface area contributed by atoms with Crippen molar-refractivity contribution in [2.45, 2.75) is 6.92 Å². The largest absolute Gasteiger partial charge is 0.493 e. The number of nitrogens with two attached hydrogens (primary N) is 1. The summed E-state index contributed by atoms with van der Waals surface area (Å²) >= 11 is 0. The van der Waals surface area contributed by atoms with Gasteiger partial charge in [0, 0.05) is 6.08 Å². The van der Waals surface area contributed by atoms with Crippen molar-refractivity contribution >= 4 is 42.1 Å². The van der Waals surface area contributed by atoms with Crippen LogP contribution in [-0.2, 0) is 9.53 Å². The Morgan fingerprint density at radius 2 is 1.74 bits per heavy atom. The van der Waals surface area contributed by atoms with Crippen LogP contribution in [0, 0.1) is 0 Å². The van der Waals surface area contributed by atoms with Gasteiger partial charge in [0.05, 0.1) is 27.9 Å². The summed E-state index contributed by atoms with van der Waals surface area (Å²) in [5, 5.41) is 2.40. The zero-order chi connectivity index (χ0) is 22.3. The number of rotatable bonds is 9. The van der Waals surface area contributed by atoms with Crippen molar-refractivity contribution in [1.82, 2.24) is 9.97 Å². The Morgan fingerprint density at radius 3 is 2.23 bits per heavy atom. The van der Waals surface area contributed by atoms with E-state index in [1.54, 1.807) is 19.1 Å². The van der Waals surface area contributed by atoms with E-state index < -0.39 is 17.8 Å². The lowest BCUT2D eigenvalue weighted by molar-refractivity contribution is -0.111. The number of H-pyrrole nitrogens is 1. The van der Waals surface area contributed by atoms with E-state index in [-0.39, 0.29) is 36.4 Å². The molecule has 0 atom stereocenters. The Labute approximate surface area is 184 Å². The molecule has 2 amide bonds. The third kappa shape index (κ3) is 6.12. The van der Waals surface area contributed by atoms with Crippen LogP contribution in [0.1, 0.15) is 33.6 Å². The number of ether oxygens (including phenoxy) is 4. The minimum absolute atomic E-state index is 0. The molecule has 31 heavy (non-hydrogen) atoms. The van der Waals surface area contributed by atoms with Crippen LogP contribution >= 0.6 is 12.4 Å². The summed E-state index contributed by atoms with van der Waals surface area (Å²) in [5.41, 5.74) is 5.62. The van der Waals surface area contributed by atoms with E-state index in [0.717, 1.165) is 0 Å². The summed E-state index contributed by atoms with van der Waals surface area (Å²) in [4.78, 5) is 41.9. The van der Waals surface area contributed by atoms with Gasteiger partial charge in [-0.1, -0.05) is 0 Å². The van der Waals surface area contributed by atoms with Crippen molar-refractivity contribution in [2.24, 2.45) is 5.73 Å². The number of imidazole rings is 1. The highest BCUT2D eigenvalue weighted by molar-refractivity contribution is 6.06. The number of carbonyl (C=O) groups is 3.